The summed E-state index contributed by atoms with van der Waals surface area (Å²) in [6, 6.07) is 14.6. The van der Waals surface area contributed by atoms with Crippen LogP contribution in [-0.2, 0) is 11.3 Å². The second-order valence-corrected chi connectivity index (χ2v) is 5.34. The van der Waals surface area contributed by atoms with Crippen LogP contribution in [0.15, 0.2) is 60.8 Å². The van der Waals surface area contributed by atoms with Gasteiger partial charge in [0.1, 0.15) is 12.4 Å². The number of aromatic nitrogens is 2. The molecule has 0 aliphatic rings. The summed E-state index contributed by atoms with van der Waals surface area (Å²) in [5.74, 6) is 0.152. The van der Waals surface area contributed by atoms with Crippen molar-refractivity contribution < 1.29 is 19.2 Å². The van der Waals surface area contributed by atoms with E-state index >= 15 is 0 Å². The fourth-order valence-corrected chi connectivity index (χ4v) is 2.25. The number of nitro benzene ring substituents is 1. The maximum absolute atomic E-state index is 12.1. The molecule has 8 nitrogen and oxygen atoms in total. The first-order chi connectivity index (χ1) is 12.6. The molecule has 132 valence electrons. The predicted molar refractivity (Wildman–Crippen MR) is 92.3 cm³/mol. The van der Waals surface area contributed by atoms with Crippen molar-refractivity contribution in [2.75, 3.05) is 7.11 Å². The molecule has 1 aromatic heterocycles. The fraction of sp³-hybridized carbons (Fsp3) is 0.111. The van der Waals surface area contributed by atoms with Crippen molar-refractivity contribution in [3.05, 3.63) is 82.2 Å². The number of nitro groups is 1. The molecule has 0 amide bonds. The molecule has 0 spiro atoms. The molecular weight excluding hydrogens is 338 g/mol. The molecule has 26 heavy (non-hydrogen) atoms. The van der Waals surface area contributed by atoms with Gasteiger partial charge in [-0.2, -0.15) is 5.10 Å². The van der Waals surface area contributed by atoms with Gasteiger partial charge in [0.05, 0.1) is 17.7 Å². The number of esters is 1. The number of rotatable bonds is 6. The Kier molecular flexibility index (Phi) is 4.93. The number of hydrogen-bond acceptors (Lipinski definition) is 6. The molecule has 0 unspecified atom stereocenters. The summed E-state index contributed by atoms with van der Waals surface area (Å²) >= 11 is 0. The van der Waals surface area contributed by atoms with Crippen LogP contribution in [0.4, 0.5) is 5.69 Å². The van der Waals surface area contributed by atoms with Crippen LogP contribution in [0.2, 0.25) is 0 Å². The Balaban J connectivity index is 1.63. The molecule has 0 atom stereocenters. The van der Waals surface area contributed by atoms with Gasteiger partial charge in [-0.05, 0) is 48.0 Å². The van der Waals surface area contributed by atoms with Crippen LogP contribution in [-0.4, -0.2) is 27.8 Å². The van der Waals surface area contributed by atoms with E-state index in [1.165, 1.54) is 12.1 Å². The van der Waals surface area contributed by atoms with Gasteiger partial charge in [0.2, 0.25) is 0 Å². The Morgan fingerprint density at radius 3 is 2.42 bits per heavy atom. The Bertz CT molecular complexity index is 917. The third-order valence-electron chi connectivity index (χ3n) is 3.65. The quantitative estimate of drug-likeness (QED) is 0.384. The van der Waals surface area contributed by atoms with Crippen LogP contribution in [0, 0.1) is 10.1 Å². The Hall–Kier alpha value is -3.68. The van der Waals surface area contributed by atoms with Crippen LogP contribution >= 0.6 is 0 Å². The third-order valence-corrected chi connectivity index (χ3v) is 3.65. The number of carbonyl (C=O) groups is 1. The number of nitrogens with zero attached hydrogens (tertiary/aromatic N) is 3. The van der Waals surface area contributed by atoms with E-state index in [0.29, 0.717) is 5.56 Å². The molecule has 8 heteroatoms. The number of benzene rings is 2. The Morgan fingerprint density at radius 1 is 1.12 bits per heavy atom. The first-order valence-electron chi connectivity index (χ1n) is 7.67. The maximum Gasteiger partial charge on any atom is 0.359 e. The molecule has 0 aliphatic carbocycles. The van der Waals surface area contributed by atoms with E-state index < -0.39 is 10.9 Å². The lowest BCUT2D eigenvalue weighted by atomic mass is 10.2. The maximum atomic E-state index is 12.1. The molecule has 0 aliphatic heterocycles. The number of methoxy groups -OCH3 is 1. The summed E-state index contributed by atoms with van der Waals surface area (Å²) < 4.78 is 11.9. The van der Waals surface area contributed by atoms with Gasteiger partial charge in [-0.25, -0.2) is 9.48 Å². The minimum atomic E-state index is -0.574. The van der Waals surface area contributed by atoms with E-state index in [4.69, 9.17) is 9.47 Å². The van der Waals surface area contributed by atoms with Crippen molar-refractivity contribution in [2.45, 2.75) is 6.61 Å². The van der Waals surface area contributed by atoms with Gasteiger partial charge < -0.3 is 9.47 Å². The largest absolute Gasteiger partial charge is 0.497 e. The number of carbonyl (C=O) groups excluding carboxylic acids is 1. The van der Waals surface area contributed by atoms with E-state index in [9.17, 15) is 14.9 Å². The first kappa shape index (κ1) is 17.2. The predicted octanol–water partition coefficient (Wildman–Crippen LogP) is 3.15. The summed E-state index contributed by atoms with van der Waals surface area (Å²) in [4.78, 5) is 22.2. The molecule has 0 bridgehead atoms. The van der Waals surface area contributed by atoms with Crippen LogP contribution in [0.1, 0.15) is 16.1 Å². The van der Waals surface area contributed by atoms with Gasteiger partial charge >= 0.3 is 5.97 Å². The summed E-state index contributed by atoms with van der Waals surface area (Å²) in [7, 11) is 1.59. The van der Waals surface area contributed by atoms with Crippen molar-refractivity contribution in [1.82, 2.24) is 9.78 Å². The van der Waals surface area contributed by atoms with E-state index in [-0.39, 0.29) is 18.0 Å². The average Bonchev–Trinajstić information content (AvgIpc) is 3.17. The van der Waals surface area contributed by atoms with E-state index in [1.54, 1.807) is 48.3 Å². The monoisotopic (exact) mass is 353 g/mol. The van der Waals surface area contributed by atoms with Crippen molar-refractivity contribution >= 4 is 11.7 Å². The minimum absolute atomic E-state index is 0.00617. The molecule has 1 heterocycles. The van der Waals surface area contributed by atoms with Crippen molar-refractivity contribution in [3.8, 4) is 11.4 Å². The second kappa shape index (κ2) is 7.47. The van der Waals surface area contributed by atoms with Gasteiger partial charge in [0, 0.05) is 18.3 Å². The van der Waals surface area contributed by atoms with Crippen molar-refractivity contribution in [1.29, 1.82) is 0 Å². The van der Waals surface area contributed by atoms with E-state index in [2.05, 4.69) is 5.10 Å². The summed E-state index contributed by atoms with van der Waals surface area (Å²) in [5.41, 5.74) is 1.58. The highest BCUT2D eigenvalue weighted by Gasteiger charge is 2.12. The molecule has 3 rings (SSSR count). The highest BCUT2D eigenvalue weighted by molar-refractivity contribution is 5.87. The number of ether oxygens (including phenoxy) is 2. The van der Waals surface area contributed by atoms with Gasteiger partial charge in [-0.1, -0.05) is 0 Å². The number of hydrogen-bond donors (Lipinski definition) is 0. The van der Waals surface area contributed by atoms with E-state index in [0.717, 1.165) is 11.4 Å². The zero-order chi connectivity index (χ0) is 18.5. The zero-order valence-electron chi connectivity index (χ0n) is 13.9. The molecular formula is C18H15N3O5. The van der Waals surface area contributed by atoms with E-state index in [1.807, 2.05) is 12.1 Å². The lowest BCUT2D eigenvalue weighted by molar-refractivity contribution is -0.384. The lowest BCUT2D eigenvalue weighted by Gasteiger charge is -2.04. The smallest absolute Gasteiger partial charge is 0.359 e. The normalized spacial score (nSPS) is 10.3. The van der Waals surface area contributed by atoms with Gasteiger partial charge in [-0.15, -0.1) is 0 Å². The Labute approximate surface area is 148 Å². The topological polar surface area (TPSA) is 96.5 Å². The highest BCUT2D eigenvalue weighted by atomic mass is 16.6. The van der Waals surface area contributed by atoms with Gasteiger partial charge in [0.15, 0.2) is 5.69 Å². The molecule has 0 saturated heterocycles. The van der Waals surface area contributed by atoms with Crippen molar-refractivity contribution in [3.63, 3.8) is 0 Å². The van der Waals surface area contributed by atoms with Crippen LogP contribution in [0.25, 0.3) is 5.69 Å². The summed E-state index contributed by atoms with van der Waals surface area (Å²) in [6.45, 7) is 0.00617. The summed E-state index contributed by atoms with van der Waals surface area (Å²) in [6.07, 6.45) is 1.66. The molecule has 0 N–H and O–H groups in total. The van der Waals surface area contributed by atoms with Crippen LogP contribution in [0.5, 0.6) is 5.75 Å². The van der Waals surface area contributed by atoms with Crippen molar-refractivity contribution in [2.24, 2.45) is 0 Å². The third kappa shape index (κ3) is 3.86. The lowest BCUT2D eigenvalue weighted by Crippen LogP contribution is -2.07. The SMILES string of the molecule is COc1ccc(-n2ccc(C(=O)OCc3ccc([N+](=O)[O-])cc3)n2)cc1. The average molecular weight is 353 g/mol. The first-order valence-corrected chi connectivity index (χ1v) is 7.67. The summed E-state index contributed by atoms with van der Waals surface area (Å²) in [5, 5.41) is 14.8. The fourth-order valence-electron chi connectivity index (χ4n) is 2.25. The highest BCUT2D eigenvalue weighted by Crippen LogP contribution is 2.16. The second-order valence-electron chi connectivity index (χ2n) is 5.34. The van der Waals surface area contributed by atoms with Crippen LogP contribution < -0.4 is 4.74 Å². The molecule has 3 aromatic rings. The van der Waals surface area contributed by atoms with Gasteiger partial charge in [0.25, 0.3) is 5.69 Å². The Morgan fingerprint density at radius 2 is 1.81 bits per heavy atom. The van der Waals surface area contributed by atoms with Crippen LogP contribution in [0.3, 0.4) is 0 Å². The molecule has 0 radical (unpaired) electrons. The standard InChI is InChI=1S/C18H15N3O5/c1-25-16-8-6-14(7-9-16)20-11-10-17(19-20)18(22)26-12-13-2-4-15(5-3-13)21(23)24/h2-11H,12H2,1H3. The molecule has 2 aromatic carbocycles. The number of non-ortho nitro benzene ring substituents is 1. The molecule has 0 fully saturated rings. The minimum Gasteiger partial charge on any atom is -0.497 e. The van der Waals surface area contributed by atoms with Gasteiger partial charge in [-0.3, -0.25) is 10.1 Å². The zero-order valence-corrected chi connectivity index (χ0v) is 13.9. The molecule has 0 saturated carbocycles.